The first-order valence-corrected chi connectivity index (χ1v) is 2.90. The van der Waals surface area contributed by atoms with Crippen LogP contribution in [0.5, 0.6) is 0 Å². The lowest BCUT2D eigenvalue weighted by atomic mass is 10.1. The molecule has 0 heterocycles. The lowest BCUT2D eigenvalue weighted by Gasteiger charge is -1.91. The van der Waals surface area contributed by atoms with Crippen molar-refractivity contribution in [3.05, 3.63) is 42.5 Å². The van der Waals surface area contributed by atoms with Crippen LogP contribution in [-0.4, -0.2) is 0 Å². The van der Waals surface area contributed by atoms with E-state index in [0.29, 0.717) is 5.57 Å². The predicted molar refractivity (Wildman–Crippen MR) is 39.9 cm³/mol. The fourth-order valence-corrected chi connectivity index (χ4v) is 0.641. The highest BCUT2D eigenvalue weighted by Crippen LogP contribution is 2.07. The fraction of sp³-hybridized carbons (Fsp3) is 0. The first-order valence-electron chi connectivity index (χ1n) is 2.90. The minimum atomic E-state index is 0.459. The highest BCUT2D eigenvalue weighted by Gasteiger charge is 1.92. The van der Waals surface area contributed by atoms with Crippen molar-refractivity contribution in [1.82, 2.24) is 0 Å². The molecule has 0 aliphatic heterocycles. The van der Waals surface area contributed by atoms with E-state index in [0.717, 1.165) is 5.56 Å². The van der Waals surface area contributed by atoms with E-state index >= 15 is 0 Å². The van der Waals surface area contributed by atoms with E-state index in [2.05, 4.69) is 12.6 Å². The number of nitriles is 1. The van der Waals surface area contributed by atoms with Crippen LogP contribution in [0.25, 0.3) is 5.57 Å². The highest BCUT2D eigenvalue weighted by atomic mass is 14.2. The first-order chi connectivity index (χ1) is 4.84. The van der Waals surface area contributed by atoms with E-state index in [4.69, 9.17) is 5.26 Å². The average molecular weight is 128 g/mol. The summed E-state index contributed by atoms with van der Waals surface area (Å²) in [5, 5.41) is 8.42. The summed E-state index contributed by atoms with van der Waals surface area (Å²) in [5.74, 6) is 0. The molecule has 1 rings (SSSR count). The quantitative estimate of drug-likeness (QED) is 0.531. The van der Waals surface area contributed by atoms with Gasteiger partial charge in [0.05, 0.1) is 11.6 Å². The van der Waals surface area contributed by atoms with E-state index in [1.54, 1.807) is 6.07 Å². The monoisotopic (exact) mass is 128 g/mol. The standard InChI is InChI=1S/C9H6N/c1-8(7-10)9-5-3-2-4-6-9/h2-5H,1H2. The summed E-state index contributed by atoms with van der Waals surface area (Å²) in [4.78, 5) is 0. The largest absolute Gasteiger partial charge is 0.192 e. The minimum absolute atomic E-state index is 0.459. The van der Waals surface area contributed by atoms with E-state index in [1.165, 1.54) is 0 Å². The van der Waals surface area contributed by atoms with E-state index in [1.807, 2.05) is 24.3 Å². The molecule has 0 atom stereocenters. The first kappa shape index (κ1) is 6.57. The molecule has 1 radical (unpaired) electrons. The molecule has 0 saturated carbocycles. The zero-order chi connectivity index (χ0) is 7.40. The maximum Gasteiger partial charge on any atom is 0.0991 e. The Morgan fingerprint density at radius 2 is 2.40 bits per heavy atom. The average Bonchev–Trinajstić information content (AvgIpc) is 2.05. The predicted octanol–water partition coefficient (Wildman–Crippen LogP) is 2.02. The SMILES string of the molecule is C=C(C#N)c1[c]cccc1. The van der Waals surface area contributed by atoms with Gasteiger partial charge in [0.15, 0.2) is 0 Å². The number of benzene rings is 1. The summed E-state index contributed by atoms with van der Waals surface area (Å²) in [5.41, 5.74) is 1.23. The van der Waals surface area contributed by atoms with Crippen LogP contribution in [0.3, 0.4) is 0 Å². The Morgan fingerprint density at radius 3 is 2.90 bits per heavy atom. The number of nitrogens with zero attached hydrogens (tertiary/aromatic N) is 1. The molecule has 0 unspecified atom stereocenters. The Hall–Kier alpha value is -1.55. The molecule has 0 fully saturated rings. The normalized spacial score (nSPS) is 8.30. The van der Waals surface area contributed by atoms with Gasteiger partial charge in [-0.25, -0.2) is 0 Å². The Bertz CT molecular complexity index is 267. The second kappa shape index (κ2) is 2.84. The molecule has 0 bridgehead atoms. The Labute approximate surface area is 60.2 Å². The van der Waals surface area contributed by atoms with E-state index in [9.17, 15) is 0 Å². The minimum Gasteiger partial charge on any atom is -0.192 e. The molecule has 47 valence electrons. The molecule has 1 nitrogen and oxygen atoms in total. The molecule has 0 aliphatic rings. The molecule has 0 N–H and O–H groups in total. The second-order valence-electron chi connectivity index (χ2n) is 1.87. The van der Waals surface area contributed by atoms with Gasteiger partial charge in [0.2, 0.25) is 0 Å². The van der Waals surface area contributed by atoms with Crippen LogP contribution < -0.4 is 0 Å². The van der Waals surface area contributed by atoms with E-state index in [-0.39, 0.29) is 0 Å². The van der Waals surface area contributed by atoms with Gasteiger partial charge < -0.3 is 0 Å². The van der Waals surface area contributed by atoms with Crippen molar-refractivity contribution in [3.8, 4) is 6.07 Å². The number of hydrogen-bond donors (Lipinski definition) is 0. The molecule has 1 aromatic rings. The van der Waals surface area contributed by atoms with Crippen LogP contribution in [0.1, 0.15) is 5.56 Å². The lowest BCUT2D eigenvalue weighted by Crippen LogP contribution is -1.76. The Kier molecular flexibility index (Phi) is 1.86. The van der Waals surface area contributed by atoms with Crippen molar-refractivity contribution >= 4 is 5.57 Å². The third-order valence-corrected chi connectivity index (χ3v) is 1.17. The molecule has 10 heavy (non-hydrogen) atoms. The van der Waals surface area contributed by atoms with Gasteiger partial charge in [-0.3, -0.25) is 0 Å². The zero-order valence-corrected chi connectivity index (χ0v) is 5.46. The fourth-order valence-electron chi connectivity index (χ4n) is 0.641. The van der Waals surface area contributed by atoms with Gasteiger partial charge in [0, 0.05) is 0 Å². The van der Waals surface area contributed by atoms with Crippen LogP contribution in [0.2, 0.25) is 0 Å². The van der Waals surface area contributed by atoms with Gasteiger partial charge in [-0.15, -0.1) is 0 Å². The lowest BCUT2D eigenvalue weighted by molar-refractivity contribution is 1.52. The second-order valence-corrected chi connectivity index (χ2v) is 1.87. The molecule has 0 aliphatic carbocycles. The number of rotatable bonds is 1. The molecule has 0 aromatic heterocycles. The van der Waals surface area contributed by atoms with Gasteiger partial charge in [0.25, 0.3) is 0 Å². The van der Waals surface area contributed by atoms with Crippen LogP contribution in [0.15, 0.2) is 30.8 Å². The third kappa shape index (κ3) is 1.24. The summed E-state index contributed by atoms with van der Waals surface area (Å²) < 4.78 is 0. The highest BCUT2D eigenvalue weighted by molar-refractivity contribution is 5.73. The summed E-state index contributed by atoms with van der Waals surface area (Å²) in [7, 11) is 0. The van der Waals surface area contributed by atoms with Gasteiger partial charge in [-0.05, 0) is 11.6 Å². The van der Waals surface area contributed by atoms with Gasteiger partial charge >= 0.3 is 0 Å². The van der Waals surface area contributed by atoms with Crippen molar-refractivity contribution in [2.24, 2.45) is 0 Å². The molecular weight excluding hydrogens is 122 g/mol. The smallest absolute Gasteiger partial charge is 0.0991 e. The van der Waals surface area contributed by atoms with Crippen molar-refractivity contribution in [2.45, 2.75) is 0 Å². The van der Waals surface area contributed by atoms with E-state index < -0.39 is 0 Å². The van der Waals surface area contributed by atoms with Crippen molar-refractivity contribution in [3.63, 3.8) is 0 Å². The Morgan fingerprint density at radius 1 is 1.60 bits per heavy atom. The summed E-state index contributed by atoms with van der Waals surface area (Å²) in [6.45, 7) is 3.55. The molecule has 1 heteroatoms. The molecule has 0 saturated heterocycles. The van der Waals surface area contributed by atoms with Gasteiger partial charge in [0.1, 0.15) is 0 Å². The molecule has 1 aromatic carbocycles. The topological polar surface area (TPSA) is 23.8 Å². The molecular formula is C9H6N. The molecule has 0 spiro atoms. The van der Waals surface area contributed by atoms with Crippen molar-refractivity contribution in [2.75, 3.05) is 0 Å². The maximum absolute atomic E-state index is 8.42. The van der Waals surface area contributed by atoms with Crippen LogP contribution in [-0.2, 0) is 0 Å². The zero-order valence-electron chi connectivity index (χ0n) is 5.46. The van der Waals surface area contributed by atoms with Crippen LogP contribution in [0, 0.1) is 17.4 Å². The van der Waals surface area contributed by atoms with Gasteiger partial charge in [-0.2, -0.15) is 5.26 Å². The summed E-state index contributed by atoms with van der Waals surface area (Å²) >= 11 is 0. The van der Waals surface area contributed by atoms with Crippen molar-refractivity contribution < 1.29 is 0 Å². The van der Waals surface area contributed by atoms with Crippen LogP contribution in [0.4, 0.5) is 0 Å². The molecule has 0 amide bonds. The van der Waals surface area contributed by atoms with Gasteiger partial charge in [-0.1, -0.05) is 30.8 Å². The third-order valence-electron chi connectivity index (χ3n) is 1.17. The maximum atomic E-state index is 8.42. The summed E-state index contributed by atoms with van der Waals surface area (Å²) in [6, 6.07) is 12.1. The Balaban J connectivity index is 2.99. The summed E-state index contributed by atoms with van der Waals surface area (Å²) in [6.07, 6.45) is 0. The van der Waals surface area contributed by atoms with Crippen LogP contribution >= 0.6 is 0 Å². The number of hydrogen-bond acceptors (Lipinski definition) is 1. The number of allylic oxidation sites excluding steroid dienone is 1. The van der Waals surface area contributed by atoms with Crippen molar-refractivity contribution in [1.29, 1.82) is 5.26 Å².